The van der Waals surface area contributed by atoms with Crippen molar-refractivity contribution >= 4 is 11.6 Å². The molecule has 4 heteroatoms. The molecule has 0 aliphatic carbocycles. The second-order valence-electron chi connectivity index (χ2n) is 6.07. The average Bonchev–Trinajstić information content (AvgIpc) is 2.95. The van der Waals surface area contributed by atoms with Gasteiger partial charge in [0, 0.05) is 11.9 Å². The van der Waals surface area contributed by atoms with Crippen LogP contribution in [-0.2, 0) is 11.3 Å². The van der Waals surface area contributed by atoms with Gasteiger partial charge < -0.3 is 5.32 Å². The highest BCUT2D eigenvalue weighted by Gasteiger charge is 2.08. The second kappa shape index (κ2) is 7.25. The molecule has 0 saturated carbocycles. The van der Waals surface area contributed by atoms with Gasteiger partial charge in [0.2, 0.25) is 5.91 Å². The zero-order valence-corrected chi connectivity index (χ0v) is 13.8. The third-order valence-corrected chi connectivity index (χ3v) is 3.93. The first-order valence-corrected chi connectivity index (χ1v) is 7.92. The molecule has 2 aromatic rings. The monoisotopic (exact) mass is 299 g/mol. The highest BCUT2D eigenvalue weighted by Crippen LogP contribution is 2.20. The smallest absolute Gasteiger partial charge is 0.246 e. The molecule has 4 nitrogen and oxygen atoms in total. The van der Waals surface area contributed by atoms with Gasteiger partial charge in [0.25, 0.3) is 0 Å². The van der Waals surface area contributed by atoms with Crippen molar-refractivity contribution < 1.29 is 4.79 Å². The van der Waals surface area contributed by atoms with E-state index in [1.165, 1.54) is 5.56 Å². The third kappa shape index (κ3) is 4.20. The van der Waals surface area contributed by atoms with Crippen molar-refractivity contribution in [1.82, 2.24) is 9.78 Å². The van der Waals surface area contributed by atoms with Gasteiger partial charge in [0.1, 0.15) is 6.54 Å². The normalized spacial score (nSPS) is 12.4. The molecule has 0 spiro atoms. The van der Waals surface area contributed by atoms with Crippen molar-refractivity contribution in [2.45, 2.75) is 52.5 Å². The fourth-order valence-electron chi connectivity index (χ4n) is 2.25. The fourth-order valence-corrected chi connectivity index (χ4v) is 2.25. The lowest BCUT2D eigenvalue weighted by molar-refractivity contribution is -0.116. The predicted octanol–water partition coefficient (Wildman–Crippen LogP) is 4.16. The molecule has 0 radical (unpaired) electrons. The third-order valence-electron chi connectivity index (χ3n) is 3.93. The molecule has 0 aliphatic rings. The lowest BCUT2D eigenvalue weighted by atomic mass is 9.99. The minimum Gasteiger partial charge on any atom is -0.324 e. The summed E-state index contributed by atoms with van der Waals surface area (Å²) in [6, 6.07) is 10.0. The van der Waals surface area contributed by atoms with Gasteiger partial charge in [-0.2, -0.15) is 5.10 Å². The van der Waals surface area contributed by atoms with Crippen LogP contribution in [0.5, 0.6) is 0 Å². The molecular formula is C18H25N3O. The number of hydrogen-bond donors (Lipinski definition) is 1. The van der Waals surface area contributed by atoms with Crippen molar-refractivity contribution in [2.24, 2.45) is 0 Å². The number of nitrogens with one attached hydrogen (secondary N) is 1. The van der Waals surface area contributed by atoms with Crippen LogP contribution in [0.25, 0.3) is 0 Å². The van der Waals surface area contributed by atoms with E-state index in [4.69, 9.17) is 0 Å². The molecule has 0 aliphatic heterocycles. The maximum atomic E-state index is 12.1. The van der Waals surface area contributed by atoms with E-state index in [0.29, 0.717) is 11.8 Å². The number of rotatable bonds is 6. The molecule has 118 valence electrons. The van der Waals surface area contributed by atoms with Gasteiger partial charge in [0.15, 0.2) is 0 Å². The number of aromatic nitrogens is 2. The van der Waals surface area contributed by atoms with Crippen LogP contribution in [0.15, 0.2) is 36.5 Å². The molecule has 0 fully saturated rings. The zero-order chi connectivity index (χ0) is 16.1. The Labute approximate surface area is 132 Å². The predicted molar refractivity (Wildman–Crippen MR) is 90.1 cm³/mol. The molecule has 22 heavy (non-hydrogen) atoms. The van der Waals surface area contributed by atoms with E-state index in [1.807, 2.05) is 24.4 Å². The summed E-state index contributed by atoms with van der Waals surface area (Å²) < 4.78 is 1.68. The first-order chi connectivity index (χ1) is 10.5. The number of carbonyl (C=O) groups excluding carboxylic acids is 1. The van der Waals surface area contributed by atoms with Gasteiger partial charge in [-0.05, 0) is 42.0 Å². The minimum absolute atomic E-state index is 0.0605. The summed E-state index contributed by atoms with van der Waals surface area (Å²) in [6.07, 6.45) is 2.96. The number of anilines is 1. The maximum absolute atomic E-state index is 12.1. The first-order valence-electron chi connectivity index (χ1n) is 7.92. The summed E-state index contributed by atoms with van der Waals surface area (Å²) in [7, 11) is 0. The molecule has 1 atom stereocenters. The Morgan fingerprint density at radius 1 is 1.18 bits per heavy atom. The standard InChI is InChI=1S/C18H25N3O/c1-5-14(4)15-6-8-16(9-7-15)19-18(22)12-21-11-10-17(20-21)13(2)3/h6-11,13-14H,5,12H2,1-4H3,(H,19,22). The molecule has 1 aromatic carbocycles. The fraction of sp³-hybridized carbons (Fsp3) is 0.444. The van der Waals surface area contributed by atoms with Crippen molar-refractivity contribution in [3.8, 4) is 0 Å². The van der Waals surface area contributed by atoms with Gasteiger partial charge in [-0.25, -0.2) is 0 Å². The van der Waals surface area contributed by atoms with Gasteiger partial charge in [0.05, 0.1) is 5.69 Å². The van der Waals surface area contributed by atoms with Crippen molar-refractivity contribution in [3.05, 3.63) is 47.8 Å². The topological polar surface area (TPSA) is 46.9 Å². The van der Waals surface area contributed by atoms with Crippen molar-refractivity contribution in [1.29, 1.82) is 0 Å². The molecule has 1 heterocycles. The highest BCUT2D eigenvalue weighted by atomic mass is 16.2. The summed E-state index contributed by atoms with van der Waals surface area (Å²) in [5.74, 6) is 0.857. The van der Waals surface area contributed by atoms with E-state index >= 15 is 0 Å². The Morgan fingerprint density at radius 2 is 1.86 bits per heavy atom. The van der Waals surface area contributed by atoms with E-state index in [-0.39, 0.29) is 12.5 Å². The molecule has 1 unspecified atom stereocenters. The molecule has 1 N–H and O–H groups in total. The minimum atomic E-state index is -0.0605. The molecule has 1 amide bonds. The lowest BCUT2D eigenvalue weighted by Crippen LogP contribution is -2.19. The van der Waals surface area contributed by atoms with Gasteiger partial charge in [-0.1, -0.05) is 39.8 Å². The Hall–Kier alpha value is -2.10. The molecule has 0 saturated heterocycles. The average molecular weight is 299 g/mol. The van der Waals surface area contributed by atoms with E-state index < -0.39 is 0 Å². The van der Waals surface area contributed by atoms with Crippen LogP contribution >= 0.6 is 0 Å². The van der Waals surface area contributed by atoms with E-state index in [2.05, 4.69) is 50.2 Å². The van der Waals surface area contributed by atoms with Crippen LogP contribution in [0.4, 0.5) is 5.69 Å². The molecule has 1 aromatic heterocycles. The summed E-state index contributed by atoms with van der Waals surface area (Å²) in [5, 5.41) is 7.31. The van der Waals surface area contributed by atoms with E-state index in [9.17, 15) is 4.79 Å². The van der Waals surface area contributed by atoms with Crippen LogP contribution in [0.3, 0.4) is 0 Å². The highest BCUT2D eigenvalue weighted by molar-refractivity contribution is 5.90. The largest absolute Gasteiger partial charge is 0.324 e. The van der Waals surface area contributed by atoms with Crippen molar-refractivity contribution in [3.63, 3.8) is 0 Å². The number of nitrogens with zero attached hydrogens (tertiary/aromatic N) is 2. The van der Waals surface area contributed by atoms with Crippen LogP contribution < -0.4 is 5.32 Å². The Bertz CT molecular complexity index is 614. The summed E-state index contributed by atoms with van der Waals surface area (Å²) >= 11 is 0. The second-order valence-corrected chi connectivity index (χ2v) is 6.07. The molecule has 2 rings (SSSR count). The Kier molecular flexibility index (Phi) is 5.36. The maximum Gasteiger partial charge on any atom is 0.246 e. The Morgan fingerprint density at radius 3 is 2.41 bits per heavy atom. The van der Waals surface area contributed by atoms with E-state index in [1.54, 1.807) is 4.68 Å². The zero-order valence-electron chi connectivity index (χ0n) is 13.8. The number of benzene rings is 1. The van der Waals surface area contributed by atoms with Gasteiger partial charge >= 0.3 is 0 Å². The molecular weight excluding hydrogens is 274 g/mol. The number of hydrogen-bond acceptors (Lipinski definition) is 2. The van der Waals surface area contributed by atoms with Crippen LogP contribution in [-0.4, -0.2) is 15.7 Å². The van der Waals surface area contributed by atoms with Crippen LogP contribution in [0.1, 0.15) is 57.2 Å². The van der Waals surface area contributed by atoms with E-state index in [0.717, 1.165) is 17.8 Å². The number of carbonyl (C=O) groups is 1. The van der Waals surface area contributed by atoms with Gasteiger partial charge in [-0.15, -0.1) is 0 Å². The SMILES string of the molecule is CCC(C)c1ccc(NC(=O)Cn2ccc(C(C)C)n2)cc1. The summed E-state index contributed by atoms with van der Waals surface area (Å²) in [6.45, 7) is 8.80. The first kappa shape index (κ1) is 16.3. The molecule has 0 bridgehead atoms. The number of amides is 1. The lowest BCUT2D eigenvalue weighted by Gasteiger charge is -2.10. The Balaban J connectivity index is 1.93. The van der Waals surface area contributed by atoms with Crippen LogP contribution in [0, 0.1) is 0 Å². The summed E-state index contributed by atoms with van der Waals surface area (Å²) in [4.78, 5) is 12.1. The summed E-state index contributed by atoms with van der Waals surface area (Å²) in [5.41, 5.74) is 3.13. The van der Waals surface area contributed by atoms with Crippen molar-refractivity contribution in [2.75, 3.05) is 5.32 Å². The quantitative estimate of drug-likeness (QED) is 0.870. The van der Waals surface area contributed by atoms with Gasteiger partial charge in [-0.3, -0.25) is 9.48 Å². The van der Waals surface area contributed by atoms with Crippen LogP contribution in [0.2, 0.25) is 0 Å².